The summed E-state index contributed by atoms with van der Waals surface area (Å²) in [5.41, 5.74) is 1.51. The third-order valence-electron chi connectivity index (χ3n) is 7.94. The number of carbonyl (C=O) groups excluding carboxylic acids is 1. The highest BCUT2D eigenvalue weighted by Gasteiger charge is 2.55. The van der Waals surface area contributed by atoms with Crippen LogP contribution in [-0.4, -0.2) is 65.1 Å². The van der Waals surface area contributed by atoms with Crippen molar-refractivity contribution in [3.05, 3.63) is 36.0 Å². The molecule has 180 valence electrons. The molecule has 8 nitrogen and oxygen atoms in total. The van der Waals surface area contributed by atoms with Gasteiger partial charge in [0.2, 0.25) is 11.9 Å². The maximum atomic E-state index is 13.0. The van der Waals surface area contributed by atoms with Gasteiger partial charge in [0, 0.05) is 43.0 Å². The van der Waals surface area contributed by atoms with Gasteiger partial charge in [-0.05, 0) is 69.5 Å². The SMILES string of the molecule is O=C1NCCC12Cc1cnc(Nc3ccc(OCCN4CCCC4)cc3)nc1N2C1CCCC1. The zero-order chi connectivity index (χ0) is 23.0. The minimum atomic E-state index is -0.487. The van der Waals surface area contributed by atoms with Crippen LogP contribution in [0, 0.1) is 0 Å². The smallest absolute Gasteiger partial charge is 0.246 e. The Morgan fingerprint density at radius 3 is 2.65 bits per heavy atom. The molecule has 3 aliphatic heterocycles. The lowest BCUT2D eigenvalue weighted by Crippen LogP contribution is -2.56. The molecule has 1 aromatic heterocycles. The zero-order valence-corrected chi connectivity index (χ0v) is 19.8. The third-order valence-corrected chi connectivity index (χ3v) is 7.94. The number of anilines is 3. The number of carbonyl (C=O) groups is 1. The molecule has 1 aromatic carbocycles. The monoisotopic (exact) mass is 462 g/mol. The van der Waals surface area contributed by atoms with E-state index >= 15 is 0 Å². The average Bonchev–Trinajstić information content (AvgIpc) is 3.64. The van der Waals surface area contributed by atoms with Gasteiger partial charge in [-0.2, -0.15) is 4.98 Å². The Morgan fingerprint density at radius 1 is 1.12 bits per heavy atom. The van der Waals surface area contributed by atoms with Crippen molar-refractivity contribution in [1.29, 1.82) is 0 Å². The molecule has 1 amide bonds. The fourth-order valence-corrected chi connectivity index (χ4v) is 6.20. The van der Waals surface area contributed by atoms with E-state index in [1.807, 2.05) is 30.5 Å². The number of aromatic nitrogens is 2. The number of hydrogen-bond acceptors (Lipinski definition) is 7. The zero-order valence-electron chi connectivity index (χ0n) is 19.8. The number of fused-ring (bicyclic) bond motifs is 1. The van der Waals surface area contributed by atoms with Crippen LogP contribution in [0.4, 0.5) is 17.5 Å². The van der Waals surface area contributed by atoms with E-state index in [-0.39, 0.29) is 5.91 Å². The predicted molar refractivity (Wildman–Crippen MR) is 132 cm³/mol. The highest BCUT2D eigenvalue weighted by Crippen LogP contribution is 2.46. The van der Waals surface area contributed by atoms with Crippen LogP contribution in [0.5, 0.6) is 5.75 Å². The first-order valence-electron chi connectivity index (χ1n) is 12.9. The number of rotatable bonds is 7. The molecule has 0 radical (unpaired) electrons. The molecule has 4 heterocycles. The number of nitrogens with one attached hydrogen (secondary N) is 2. The second-order valence-corrected chi connectivity index (χ2v) is 10.1. The van der Waals surface area contributed by atoms with E-state index in [1.165, 1.54) is 38.8 Å². The maximum Gasteiger partial charge on any atom is 0.246 e. The molecule has 0 bridgehead atoms. The van der Waals surface area contributed by atoms with Crippen molar-refractivity contribution in [3.8, 4) is 5.75 Å². The molecule has 1 unspecified atom stereocenters. The molecule has 2 saturated heterocycles. The van der Waals surface area contributed by atoms with Crippen LogP contribution in [0.3, 0.4) is 0 Å². The first kappa shape index (κ1) is 21.6. The molecule has 8 heteroatoms. The van der Waals surface area contributed by atoms with Crippen LogP contribution in [-0.2, 0) is 11.2 Å². The van der Waals surface area contributed by atoms with Crippen LogP contribution >= 0.6 is 0 Å². The van der Waals surface area contributed by atoms with Gasteiger partial charge in [-0.1, -0.05) is 12.8 Å². The highest BCUT2D eigenvalue weighted by atomic mass is 16.5. The fourth-order valence-electron chi connectivity index (χ4n) is 6.20. The van der Waals surface area contributed by atoms with Gasteiger partial charge in [0.1, 0.15) is 23.7 Å². The van der Waals surface area contributed by atoms with Crippen LogP contribution in [0.1, 0.15) is 50.5 Å². The van der Waals surface area contributed by atoms with Crippen molar-refractivity contribution in [2.45, 2.75) is 62.9 Å². The lowest BCUT2D eigenvalue weighted by atomic mass is 9.91. The van der Waals surface area contributed by atoms with Crippen molar-refractivity contribution >= 4 is 23.4 Å². The summed E-state index contributed by atoms with van der Waals surface area (Å²) in [7, 11) is 0. The summed E-state index contributed by atoms with van der Waals surface area (Å²) in [5, 5.41) is 6.42. The maximum absolute atomic E-state index is 13.0. The normalized spacial score (nSPS) is 24.7. The van der Waals surface area contributed by atoms with E-state index in [2.05, 4.69) is 25.4 Å². The first-order valence-corrected chi connectivity index (χ1v) is 12.9. The molecular weight excluding hydrogens is 428 g/mol. The lowest BCUT2D eigenvalue weighted by molar-refractivity contribution is -0.123. The molecule has 1 spiro atoms. The summed E-state index contributed by atoms with van der Waals surface area (Å²) in [4.78, 5) is 27.3. The van der Waals surface area contributed by atoms with Gasteiger partial charge in [-0.3, -0.25) is 9.69 Å². The Bertz CT molecular complexity index is 1030. The minimum Gasteiger partial charge on any atom is -0.492 e. The molecule has 34 heavy (non-hydrogen) atoms. The van der Waals surface area contributed by atoms with E-state index in [0.717, 1.165) is 55.2 Å². The molecule has 6 rings (SSSR count). The van der Waals surface area contributed by atoms with Gasteiger partial charge in [-0.25, -0.2) is 4.98 Å². The number of ether oxygens (including phenoxy) is 1. The standard InChI is InChI=1S/C26H34N6O2/c33-24-26(11-12-27-24)17-19-18-28-25(30-23(19)32(26)21-5-1-2-6-21)29-20-7-9-22(10-8-20)34-16-15-31-13-3-4-14-31/h7-10,18,21H,1-6,11-17H2,(H,27,33)(H,28,29,30). The highest BCUT2D eigenvalue weighted by molar-refractivity contribution is 5.94. The van der Waals surface area contributed by atoms with Crippen molar-refractivity contribution in [1.82, 2.24) is 20.2 Å². The van der Waals surface area contributed by atoms with Gasteiger partial charge in [0.25, 0.3) is 0 Å². The van der Waals surface area contributed by atoms with E-state index in [0.29, 0.717) is 25.0 Å². The Hall–Kier alpha value is -2.87. The van der Waals surface area contributed by atoms with E-state index < -0.39 is 5.54 Å². The molecule has 3 fully saturated rings. The molecule has 1 saturated carbocycles. The van der Waals surface area contributed by atoms with Gasteiger partial charge in [-0.15, -0.1) is 0 Å². The largest absolute Gasteiger partial charge is 0.492 e. The summed E-state index contributed by atoms with van der Waals surface area (Å²) >= 11 is 0. The third kappa shape index (κ3) is 3.98. The van der Waals surface area contributed by atoms with Gasteiger partial charge in [0.05, 0.1) is 0 Å². The Kier molecular flexibility index (Phi) is 5.77. The predicted octanol–water partition coefficient (Wildman–Crippen LogP) is 3.26. The number of nitrogens with zero attached hydrogens (tertiary/aromatic N) is 4. The van der Waals surface area contributed by atoms with Crippen molar-refractivity contribution < 1.29 is 9.53 Å². The van der Waals surface area contributed by atoms with Crippen LogP contribution in [0.25, 0.3) is 0 Å². The molecule has 1 aliphatic carbocycles. The summed E-state index contributed by atoms with van der Waals surface area (Å²) < 4.78 is 5.92. The minimum absolute atomic E-state index is 0.146. The summed E-state index contributed by atoms with van der Waals surface area (Å²) in [6.07, 6.45) is 10.7. The fraction of sp³-hybridized carbons (Fsp3) is 0.577. The Morgan fingerprint density at radius 2 is 1.91 bits per heavy atom. The molecule has 1 atom stereocenters. The summed E-state index contributed by atoms with van der Waals surface area (Å²) in [6.45, 7) is 4.82. The molecule has 2 N–H and O–H groups in total. The topological polar surface area (TPSA) is 82.6 Å². The lowest BCUT2D eigenvalue weighted by Gasteiger charge is -2.38. The van der Waals surface area contributed by atoms with Crippen LogP contribution in [0.15, 0.2) is 30.5 Å². The quantitative estimate of drug-likeness (QED) is 0.654. The molecular formula is C26H34N6O2. The van der Waals surface area contributed by atoms with Gasteiger partial charge in [0.15, 0.2) is 0 Å². The number of benzene rings is 1. The van der Waals surface area contributed by atoms with E-state index in [1.54, 1.807) is 0 Å². The van der Waals surface area contributed by atoms with Crippen molar-refractivity contribution in [2.24, 2.45) is 0 Å². The average molecular weight is 463 g/mol. The second kappa shape index (κ2) is 9.06. The number of likely N-dealkylation sites (tertiary alicyclic amines) is 1. The van der Waals surface area contributed by atoms with Crippen LogP contribution in [0.2, 0.25) is 0 Å². The molecule has 4 aliphatic rings. The summed E-state index contributed by atoms with van der Waals surface area (Å²) in [6, 6.07) is 8.36. The van der Waals surface area contributed by atoms with E-state index in [4.69, 9.17) is 9.72 Å². The van der Waals surface area contributed by atoms with Crippen molar-refractivity contribution in [2.75, 3.05) is 43.0 Å². The Labute approximate surface area is 201 Å². The van der Waals surface area contributed by atoms with Gasteiger partial charge < -0.3 is 20.3 Å². The van der Waals surface area contributed by atoms with Crippen LogP contribution < -0.4 is 20.3 Å². The first-order chi connectivity index (χ1) is 16.7. The second-order valence-electron chi connectivity index (χ2n) is 10.1. The molecule has 2 aromatic rings. The summed E-state index contributed by atoms with van der Waals surface area (Å²) in [5.74, 6) is 2.52. The Balaban J connectivity index is 1.15. The van der Waals surface area contributed by atoms with Gasteiger partial charge >= 0.3 is 0 Å². The number of amides is 1. The number of hydrogen-bond donors (Lipinski definition) is 2. The van der Waals surface area contributed by atoms with Crippen molar-refractivity contribution in [3.63, 3.8) is 0 Å². The van der Waals surface area contributed by atoms with E-state index in [9.17, 15) is 4.79 Å².